The fourth-order valence-electron chi connectivity index (χ4n) is 2.37. The molecule has 3 nitrogen and oxygen atoms in total. The van der Waals surface area contributed by atoms with Crippen molar-refractivity contribution in [2.45, 2.75) is 65.5 Å². The second-order valence-corrected chi connectivity index (χ2v) is 5.65. The van der Waals surface area contributed by atoms with Crippen LogP contribution < -0.4 is 5.32 Å². The van der Waals surface area contributed by atoms with Gasteiger partial charge in [0.25, 0.3) is 0 Å². The maximum Gasteiger partial charge on any atom is 0.203 e. The van der Waals surface area contributed by atoms with E-state index in [1.807, 2.05) is 0 Å². The van der Waals surface area contributed by atoms with Crippen molar-refractivity contribution in [3.63, 3.8) is 0 Å². The predicted molar refractivity (Wildman–Crippen MR) is 72.4 cm³/mol. The molecule has 0 saturated heterocycles. The molecular weight excluding hydrogens is 210 g/mol. The summed E-state index contributed by atoms with van der Waals surface area (Å²) in [5.41, 5.74) is 1.11. The Balaban J connectivity index is 2.15. The largest absolute Gasteiger partial charge is 0.353 e. The summed E-state index contributed by atoms with van der Waals surface area (Å²) in [6, 6.07) is 1.05. The van der Waals surface area contributed by atoms with Crippen LogP contribution in [0.2, 0.25) is 0 Å². The number of hydrogen-bond donors (Lipinski definition) is 1. The third kappa shape index (κ3) is 3.24. The molecule has 17 heavy (non-hydrogen) atoms. The highest BCUT2D eigenvalue weighted by Gasteiger charge is 2.26. The number of nitrogens with one attached hydrogen (secondary N) is 1. The van der Waals surface area contributed by atoms with Crippen LogP contribution in [0.4, 0.5) is 5.95 Å². The SMILES string of the molecule is CCC(CC1CC1)n1cc(C)nc1NC(C)C. The zero-order valence-electron chi connectivity index (χ0n) is 11.5. The zero-order chi connectivity index (χ0) is 12.4. The molecule has 0 radical (unpaired) electrons. The Kier molecular flexibility index (Phi) is 3.75. The molecule has 1 saturated carbocycles. The van der Waals surface area contributed by atoms with E-state index in [9.17, 15) is 0 Å². The van der Waals surface area contributed by atoms with Gasteiger partial charge < -0.3 is 9.88 Å². The average molecular weight is 235 g/mol. The van der Waals surface area contributed by atoms with Crippen molar-refractivity contribution < 1.29 is 0 Å². The summed E-state index contributed by atoms with van der Waals surface area (Å²) in [5, 5.41) is 3.45. The third-order valence-electron chi connectivity index (χ3n) is 3.44. The van der Waals surface area contributed by atoms with E-state index in [0.717, 1.165) is 17.6 Å². The Labute approximate surface area is 105 Å². The normalized spacial score (nSPS) is 17.5. The maximum atomic E-state index is 4.60. The second-order valence-electron chi connectivity index (χ2n) is 5.65. The lowest BCUT2D eigenvalue weighted by Crippen LogP contribution is -2.17. The Hall–Kier alpha value is -0.990. The number of aromatic nitrogens is 2. The Morgan fingerprint density at radius 3 is 2.71 bits per heavy atom. The van der Waals surface area contributed by atoms with Gasteiger partial charge in [0.05, 0.1) is 5.69 Å². The van der Waals surface area contributed by atoms with Crippen LogP contribution in [0.15, 0.2) is 6.20 Å². The third-order valence-corrected chi connectivity index (χ3v) is 3.44. The van der Waals surface area contributed by atoms with Gasteiger partial charge in [-0.2, -0.15) is 0 Å². The number of hydrogen-bond acceptors (Lipinski definition) is 2. The summed E-state index contributed by atoms with van der Waals surface area (Å²) >= 11 is 0. The van der Waals surface area contributed by atoms with Crippen molar-refractivity contribution in [2.75, 3.05) is 5.32 Å². The van der Waals surface area contributed by atoms with E-state index in [2.05, 4.69) is 48.8 Å². The molecule has 1 atom stereocenters. The summed E-state index contributed by atoms with van der Waals surface area (Å²) in [6.07, 6.45) is 7.56. The van der Waals surface area contributed by atoms with E-state index in [0.29, 0.717) is 12.1 Å². The van der Waals surface area contributed by atoms with Crippen molar-refractivity contribution >= 4 is 5.95 Å². The molecule has 0 bridgehead atoms. The van der Waals surface area contributed by atoms with E-state index in [1.165, 1.54) is 25.7 Å². The Morgan fingerprint density at radius 1 is 1.47 bits per heavy atom. The van der Waals surface area contributed by atoms with Gasteiger partial charge in [0, 0.05) is 18.3 Å². The molecule has 0 aromatic carbocycles. The van der Waals surface area contributed by atoms with Gasteiger partial charge >= 0.3 is 0 Å². The number of nitrogens with zero attached hydrogens (tertiary/aromatic N) is 2. The maximum absolute atomic E-state index is 4.60. The molecular formula is C14H25N3. The van der Waals surface area contributed by atoms with Gasteiger partial charge in [-0.3, -0.25) is 0 Å². The van der Waals surface area contributed by atoms with E-state index in [1.54, 1.807) is 0 Å². The van der Waals surface area contributed by atoms with Crippen LogP contribution in [0, 0.1) is 12.8 Å². The van der Waals surface area contributed by atoms with Crippen LogP contribution in [0.3, 0.4) is 0 Å². The number of anilines is 1. The van der Waals surface area contributed by atoms with Crippen molar-refractivity contribution in [1.29, 1.82) is 0 Å². The summed E-state index contributed by atoms with van der Waals surface area (Å²) in [5.74, 6) is 2.01. The first-order valence-corrected chi connectivity index (χ1v) is 6.92. The minimum absolute atomic E-state index is 0.439. The van der Waals surface area contributed by atoms with E-state index in [4.69, 9.17) is 0 Å². The highest BCUT2D eigenvalue weighted by molar-refractivity contribution is 5.30. The first-order chi connectivity index (χ1) is 8.10. The lowest BCUT2D eigenvalue weighted by molar-refractivity contribution is 0.431. The molecule has 3 heteroatoms. The number of rotatable bonds is 6. The van der Waals surface area contributed by atoms with Crippen LogP contribution in [0.1, 0.15) is 58.2 Å². The second kappa shape index (κ2) is 5.11. The first kappa shape index (κ1) is 12.5. The van der Waals surface area contributed by atoms with Gasteiger partial charge in [0.1, 0.15) is 0 Å². The van der Waals surface area contributed by atoms with Gasteiger partial charge in [0.15, 0.2) is 0 Å². The summed E-state index contributed by atoms with van der Waals surface area (Å²) in [4.78, 5) is 4.60. The van der Waals surface area contributed by atoms with E-state index >= 15 is 0 Å². The summed E-state index contributed by atoms with van der Waals surface area (Å²) in [6.45, 7) is 8.68. The highest BCUT2D eigenvalue weighted by Crippen LogP contribution is 2.38. The van der Waals surface area contributed by atoms with Crippen molar-refractivity contribution in [2.24, 2.45) is 5.92 Å². The van der Waals surface area contributed by atoms with Gasteiger partial charge in [0.2, 0.25) is 5.95 Å². The highest BCUT2D eigenvalue weighted by atomic mass is 15.2. The molecule has 1 fully saturated rings. The summed E-state index contributed by atoms with van der Waals surface area (Å²) in [7, 11) is 0. The molecule has 0 aliphatic heterocycles. The standard InChI is InChI=1S/C14H25N3/c1-5-13(8-12-6-7-12)17-9-11(4)16-14(17)15-10(2)3/h9-10,12-13H,5-8H2,1-4H3,(H,15,16). The molecule has 1 unspecified atom stereocenters. The van der Waals surface area contributed by atoms with Crippen LogP contribution >= 0.6 is 0 Å². The molecule has 0 spiro atoms. The Bertz CT molecular complexity index is 364. The molecule has 1 aromatic rings. The van der Waals surface area contributed by atoms with Crippen molar-refractivity contribution in [3.8, 4) is 0 Å². The molecule has 96 valence electrons. The first-order valence-electron chi connectivity index (χ1n) is 6.92. The van der Waals surface area contributed by atoms with E-state index in [-0.39, 0.29) is 0 Å². The van der Waals surface area contributed by atoms with Crippen LogP contribution in [-0.4, -0.2) is 15.6 Å². The summed E-state index contributed by atoms with van der Waals surface area (Å²) < 4.78 is 2.35. The zero-order valence-corrected chi connectivity index (χ0v) is 11.5. The van der Waals surface area contributed by atoms with Gasteiger partial charge in [-0.05, 0) is 39.5 Å². The molecule has 1 heterocycles. The average Bonchev–Trinajstić information content (AvgIpc) is 2.99. The molecule has 1 aliphatic rings. The van der Waals surface area contributed by atoms with E-state index < -0.39 is 0 Å². The van der Waals surface area contributed by atoms with Crippen LogP contribution in [0.5, 0.6) is 0 Å². The minimum atomic E-state index is 0.439. The predicted octanol–water partition coefficient (Wildman–Crippen LogP) is 3.76. The lowest BCUT2D eigenvalue weighted by Gasteiger charge is -2.20. The molecule has 1 N–H and O–H groups in total. The van der Waals surface area contributed by atoms with Crippen LogP contribution in [-0.2, 0) is 0 Å². The Morgan fingerprint density at radius 2 is 2.18 bits per heavy atom. The van der Waals surface area contributed by atoms with Crippen molar-refractivity contribution in [1.82, 2.24) is 9.55 Å². The minimum Gasteiger partial charge on any atom is -0.353 e. The smallest absolute Gasteiger partial charge is 0.203 e. The number of aryl methyl sites for hydroxylation is 1. The fourth-order valence-corrected chi connectivity index (χ4v) is 2.37. The fraction of sp³-hybridized carbons (Fsp3) is 0.786. The van der Waals surface area contributed by atoms with Gasteiger partial charge in [-0.15, -0.1) is 0 Å². The van der Waals surface area contributed by atoms with Gasteiger partial charge in [-0.1, -0.05) is 19.8 Å². The molecule has 1 aliphatic carbocycles. The topological polar surface area (TPSA) is 29.9 Å². The monoisotopic (exact) mass is 235 g/mol. The molecule has 0 amide bonds. The van der Waals surface area contributed by atoms with Crippen LogP contribution in [0.25, 0.3) is 0 Å². The molecule has 2 rings (SSSR count). The lowest BCUT2D eigenvalue weighted by atomic mass is 10.1. The number of imidazole rings is 1. The quantitative estimate of drug-likeness (QED) is 0.813. The van der Waals surface area contributed by atoms with Gasteiger partial charge in [-0.25, -0.2) is 4.98 Å². The van der Waals surface area contributed by atoms with Crippen molar-refractivity contribution in [3.05, 3.63) is 11.9 Å². The molecule has 1 aromatic heterocycles.